The Balaban J connectivity index is 2.06. The first-order valence-corrected chi connectivity index (χ1v) is 6.17. The average molecular weight is 255 g/mol. The van der Waals surface area contributed by atoms with Gasteiger partial charge < -0.3 is 19.7 Å². The number of nitrogens with zero attached hydrogens (tertiary/aromatic N) is 2. The lowest BCUT2D eigenvalue weighted by Gasteiger charge is -2.39. The van der Waals surface area contributed by atoms with Crippen molar-refractivity contribution in [3.05, 3.63) is 11.7 Å². The fourth-order valence-electron chi connectivity index (χ4n) is 2.22. The van der Waals surface area contributed by atoms with Crippen LogP contribution in [0.4, 0.5) is 0 Å². The van der Waals surface area contributed by atoms with Gasteiger partial charge in [-0.05, 0) is 26.2 Å². The van der Waals surface area contributed by atoms with Crippen LogP contribution in [0.25, 0.3) is 0 Å². The molecule has 1 fully saturated rings. The van der Waals surface area contributed by atoms with Crippen molar-refractivity contribution < 1.29 is 14.0 Å². The normalized spacial score (nSPS) is 21.3. The topological polar surface area (TPSA) is 83.4 Å². The van der Waals surface area contributed by atoms with Crippen LogP contribution >= 0.6 is 0 Å². The van der Waals surface area contributed by atoms with Crippen molar-refractivity contribution in [3.8, 4) is 0 Å². The molecule has 1 aromatic rings. The highest BCUT2D eigenvalue weighted by Crippen LogP contribution is 2.37. The largest absolute Gasteiger partial charge is 0.382 e. The third-order valence-corrected chi connectivity index (χ3v) is 3.59. The summed E-state index contributed by atoms with van der Waals surface area (Å²) in [5.41, 5.74) is 5.22. The molecule has 1 atom stereocenters. The quantitative estimate of drug-likeness (QED) is 0.816. The SMILES string of the molecule is COCC(C)(N)c1noc(CC2(OC)CCC2)n1. The molecule has 1 heterocycles. The van der Waals surface area contributed by atoms with Gasteiger partial charge >= 0.3 is 0 Å². The third-order valence-electron chi connectivity index (χ3n) is 3.59. The second-order valence-electron chi connectivity index (χ2n) is 5.28. The zero-order chi connectivity index (χ0) is 13.2. The molecule has 6 heteroatoms. The molecule has 0 radical (unpaired) electrons. The van der Waals surface area contributed by atoms with Gasteiger partial charge in [0.05, 0.1) is 18.6 Å². The van der Waals surface area contributed by atoms with Crippen LogP contribution in [0.3, 0.4) is 0 Å². The van der Waals surface area contributed by atoms with Gasteiger partial charge in [0.2, 0.25) is 5.89 Å². The number of ether oxygens (including phenoxy) is 2. The molecule has 2 rings (SSSR count). The molecule has 0 aliphatic heterocycles. The predicted octanol–water partition coefficient (Wildman–Crippen LogP) is 1.00. The van der Waals surface area contributed by atoms with Crippen LogP contribution < -0.4 is 5.73 Å². The molecule has 18 heavy (non-hydrogen) atoms. The molecule has 2 N–H and O–H groups in total. The summed E-state index contributed by atoms with van der Waals surface area (Å²) < 4.78 is 15.8. The molecular formula is C12H21N3O3. The molecule has 1 aromatic heterocycles. The first-order chi connectivity index (χ1) is 8.51. The van der Waals surface area contributed by atoms with Crippen molar-refractivity contribution in [3.63, 3.8) is 0 Å². The maximum atomic E-state index is 6.06. The Labute approximate surface area is 107 Å². The lowest BCUT2D eigenvalue weighted by molar-refractivity contribution is -0.0751. The number of nitrogens with two attached hydrogens (primary N) is 1. The summed E-state index contributed by atoms with van der Waals surface area (Å²) >= 11 is 0. The van der Waals surface area contributed by atoms with Crippen LogP contribution in [0, 0.1) is 0 Å². The van der Waals surface area contributed by atoms with Crippen molar-refractivity contribution in [2.45, 2.75) is 43.7 Å². The Bertz CT molecular complexity index is 394. The number of methoxy groups -OCH3 is 2. The standard InChI is InChI=1S/C12H21N3O3/c1-11(13,8-16-2)10-14-9(18-15-10)7-12(17-3)5-4-6-12/h4-8,13H2,1-3H3. The molecule has 0 saturated heterocycles. The van der Waals surface area contributed by atoms with Gasteiger partial charge in [0.15, 0.2) is 5.82 Å². The summed E-state index contributed by atoms with van der Waals surface area (Å²) in [7, 11) is 3.33. The average Bonchev–Trinajstić information content (AvgIpc) is 2.72. The fourth-order valence-corrected chi connectivity index (χ4v) is 2.22. The Morgan fingerprint density at radius 2 is 2.17 bits per heavy atom. The van der Waals surface area contributed by atoms with E-state index in [1.165, 1.54) is 6.42 Å². The van der Waals surface area contributed by atoms with Gasteiger partial charge in [-0.25, -0.2) is 0 Å². The molecule has 1 saturated carbocycles. The van der Waals surface area contributed by atoms with E-state index in [1.54, 1.807) is 14.2 Å². The second kappa shape index (κ2) is 4.95. The van der Waals surface area contributed by atoms with Crippen molar-refractivity contribution in [2.24, 2.45) is 5.73 Å². The van der Waals surface area contributed by atoms with E-state index in [1.807, 2.05) is 6.92 Å². The lowest BCUT2D eigenvalue weighted by atomic mass is 9.77. The van der Waals surface area contributed by atoms with E-state index in [9.17, 15) is 0 Å². The van der Waals surface area contributed by atoms with Gasteiger partial charge in [-0.1, -0.05) is 5.16 Å². The van der Waals surface area contributed by atoms with Crippen LogP contribution in [0.1, 0.15) is 37.9 Å². The maximum Gasteiger partial charge on any atom is 0.229 e. The highest BCUT2D eigenvalue weighted by atomic mass is 16.5. The van der Waals surface area contributed by atoms with Crippen LogP contribution in [-0.2, 0) is 21.4 Å². The van der Waals surface area contributed by atoms with Gasteiger partial charge in [-0.3, -0.25) is 0 Å². The van der Waals surface area contributed by atoms with E-state index in [0.717, 1.165) is 12.8 Å². The van der Waals surface area contributed by atoms with E-state index >= 15 is 0 Å². The van der Waals surface area contributed by atoms with Crippen molar-refractivity contribution in [2.75, 3.05) is 20.8 Å². The predicted molar refractivity (Wildman–Crippen MR) is 65.0 cm³/mol. The van der Waals surface area contributed by atoms with E-state index in [0.29, 0.717) is 24.7 Å². The number of rotatable bonds is 6. The number of aromatic nitrogens is 2. The Morgan fingerprint density at radius 1 is 1.44 bits per heavy atom. The summed E-state index contributed by atoms with van der Waals surface area (Å²) in [6.07, 6.45) is 3.92. The molecule has 102 valence electrons. The minimum Gasteiger partial charge on any atom is -0.382 e. The van der Waals surface area contributed by atoms with E-state index < -0.39 is 5.54 Å². The van der Waals surface area contributed by atoms with Crippen molar-refractivity contribution in [1.82, 2.24) is 10.1 Å². The molecular weight excluding hydrogens is 234 g/mol. The summed E-state index contributed by atoms with van der Waals surface area (Å²) in [5.74, 6) is 1.06. The van der Waals surface area contributed by atoms with Gasteiger partial charge in [0.1, 0.15) is 5.54 Å². The zero-order valence-corrected chi connectivity index (χ0v) is 11.2. The monoisotopic (exact) mass is 255 g/mol. The summed E-state index contributed by atoms with van der Waals surface area (Å²) in [6, 6.07) is 0. The number of hydrogen-bond donors (Lipinski definition) is 1. The van der Waals surface area contributed by atoms with E-state index in [4.69, 9.17) is 19.7 Å². The molecule has 1 aliphatic carbocycles. The second-order valence-corrected chi connectivity index (χ2v) is 5.28. The summed E-state index contributed by atoms with van der Waals surface area (Å²) in [5, 5.41) is 3.94. The summed E-state index contributed by atoms with van der Waals surface area (Å²) in [4.78, 5) is 4.35. The Morgan fingerprint density at radius 3 is 2.67 bits per heavy atom. The first kappa shape index (κ1) is 13.5. The zero-order valence-electron chi connectivity index (χ0n) is 11.2. The van der Waals surface area contributed by atoms with Crippen molar-refractivity contribution >= 4 is 0 Å². The maximum absolute atomic E-state index is 6.06. The third kappa shape index (κ3) is 2.55. The molecule has 0 bridgehead atoms. The molecule has 0 aromatic carbocycles. The molecule has 0 amide bonds. The number of hydrogen-bond acceptors (Lipinski definition) is 6. The van der Waals surface area contributed by atoms with Crippen LogP contribution in [0.15, 0.2) is 4.52 Å². The molecule has 0 spiro atoms. The lowest BCUT2D eigenvalue weighted by Crippen LogP contribution is -2.41. The summed E-state index contributed by atoms with van der Waals surface area (Å²) in [6.45, 7) is 2.17. The smallest absolute Gasteiger partial charge is 0.229 e. The van der Waals surface area contributed by atoms with Crippen LogP contribution in [-0.4, -0.2) is 36.6 Å². The molecule has 6 nitrogen and oxygen atoms in total. The highest BCUT2D eigenvalue weighted by molar-refractivity contribution is 5.04. The van der Waals surface area contributed by atoms with Crippen LogP contribution in [0.2, 0.25) is 0 Å². The van der Waals surface area contributed by atoms with Crippen LogP contribution in [0.5, 0.6) is 0 Å². The fraction of sp³-hybridized carbons (Fsp3) is 0.833. The minimum atomic E-state index is -0.726. The van der Waals surface area contributed by atoms with Gasteiger partial charge in [0.25, 0.3) is 0 Å². The Hall–Kier alpha value is -0.980. The van der Waals surface area contributed by atoms with E-state index in [-0.39, 0.29) is 5.60 Å². The molecule has 1 aliphatic rings. The van der Waals surface area contributed by atoms with Crippen molar-refractivity contribution in [1.29, 1.82) is 0 Å². The highest BCUT2D eigenvalue weighted by Gasteiger charge is 2.39. The van der Waals surface area contributed by atoms with E-state index in [2.05, 4.69) is 10.1 Å². The van der Waals surface area contributed by atoms with Gasteiger partial charge in [-0.15, -0.1) is 0 Å². The minimum absolute atomic E-state index is 0.115. The Kier molecular flexibility index (Phi) is 3.70. The first-order valence-electron chi connectivity index (χ1n) is 6.17. The van der Waals surface area contributed by atoms with Gasteiger partial charge in [-0.2, -0.15) is 4.98 Å². The molecule has 1 unspecified atom stereocenters. The van der Waals surface area contributed by atoms with Gasteiger partial charge in [0, 0.05) is 14.2 Å².